The molecule has 0 aromatic carbocycles. The molecule has 0 radical (unpaired) electrons. The molecule has 0 aromatic heterocycles. The van der Waals surface area contributed by atoms with Crippen LogP contribution in [-0.4, -0.2) is 8.07 Å². The van der Waals surface area contributed by atoms with Gasteiger partial charge in [0.05, 0.1) is 8.07 Å². The van der Waals surface area contributed by atoms with E-state index in [0.717, 1.165) is 0 Å². The van der Waals surface area contributed by atoms with Crippen LogP contribution in [-0.2, 0) is 0 Å². The maximum atomic E-state index is 2.50. The molecule has 0 unspecified atom stereocenters. The fourth-order valence-corrected chi connectivity index (χ4v) is 7.97. The van der Waals surface area contributed by atoms with E-state index in [0.29, 0.717) is 0 Å². The molecular formula is C17H38Si. The van der Waals surface area contributed by atoms with E-state index in [1.165, 1.54) is 57.8 Å². The highest BCUT2D eigenvalue weighted by molar-refractivity contribution is 6.79. The zero-order chi connectivity index (χ0) is 13.7. The zero-order valence-electron chi connectivity index (χ0n) is 13.7. The average molecular weight is 271 g/mol. The third-order valence-corrected chi connectivity index (χ3v) is 10.4. The topological polar surface area (TPSA) is 0 Å². The molecular weight excluding hydrogens is 232 g/mol. The summed E-state index contributed by atoms with van der Waals surface area (Å²) in [6.07, 6.45) is 13.1. The van der Waals surface area contributed by atoms with Crippen molar-refractivity contribution in [3.05, 3.63) is 0 Å². The van der Waals surface area contributed by atoms with Gasteiger partial charge in [-0.15, -0.1) is 0 Å². The van der Waals surface area contributed by atoms with E-state index in [2.05, 4.69) is 27.7 Å². The highest BCUT2D eigenvalue weighted by Crippen LogP contribution is 2.32. The highest BCUT2D eigenvalue weighted by atomic mass is 28.3. The van der Waals surface area contributed by atoms with E-state index in [1.807, 2.05) is 0 Å². The van der Waals surface area contributed by atoms with E-state index < -0.39 is 8.07 Å². The Morgan fingerprint density at radius 3 is 1.06 bits per heavy atom. The summed E-state index contributed by atoms with van der Waals surface area (Å²) < 4.78 is 0. The maximum absolute atomic E-state index is 2.50. The molecule has 0 aliphatic rings. The lowest BCUT2D eigenvalue weighted by atomic mass is 10.3. The molecule has 0 nitrogen and oxygen atoms in total. The Morgan fingerprint density at radius 1 is 0.500 bits per heavy atom. The van der Waals surface area contributed by atoms with Gasteiger partial charge < -0.3 is 0 Å². The summed E-state index contributed by atoms with van der Waals surface area (Å²) >= 11 is 0. The van der Waals surface area contributed by atoms with E-state index in [4.69, 9.17) is 0 Å². The first-order valence-electron chi connectivity index (χ1n) is 8.74. The van der Waals surface area contributed by atoms with E-state index in [9.17, 15) is 0 Å². The summed E-state index contributed by atoms with van der Waals surface area (Å²) in [6, 6.07) is 6.43. The van der Waals surface area contributed by atoms with Crippen LogP contribution in [0.15, 0.2) is 0 Å². The summed E-state index contributed by atoms with van der Waals surface area (Å²) in [5, 5.41) is 0. The summed E-state index contributed by atoms with van der Waals surface area (Å²) in [5.41, 5.74) is 0. The summed E-state index contributed by atoms with van der Waals surface area (Å²) in [7, 11) is -0.881. The molecule has 0 saturated heterocycles. The van der Waals surface area contributed by atoms with Gasteiger partial charge in [-0.2, -0.15) is 0 Å². The first-order valence-corrected chi connectivity index (χ1v) is 11.6. The van der Waals surface area contributed by atoms with Crippen LogP contribution >= 0.6 is 0 Å². The van der Waals surface area contributed by atoms with Gasteiger partial charge >= 0.3 is 0 Å². The first kappa shape index (κ1) is 18.2. The van der Waals surface area contributed by atoms with Gasteiger partial charge in [-0.25, -0.2) is 0 Å². The van der Waals surface area contributed by atoms with Crippen molar-refractivity contribution >= 4 is 8.07 Å². The third kappa shape index (κ3) is 8.34. The second kappa shape index (κ2) is 12.3. The van der Waals surface area contributed by atoms with Crippen molar-refractivity contribution in [3.63, 3.8) is 0 Å². The van der Waals surface area contributed by atoms with Crippen molar-refractivity contribution in [2.75, 3.05) is 0 Å². The van der Waals surface area contributed by atoms with Crippen molar-refractivity contribution < 1.29 is 0 Å². The Labute approximate surface area is 118 Å². The Hall–Kier alpha value is 0.217. The van der Waals surface area contributed by atoms with Crippen molar-refractivity contribution in [2.24, 2.45) is 0 Å². The maximum Gasteiger partial charge on any atom is 0.0533 e. The fourth-order valence-electron chi connectivity index (χ4n) is 3.16. The van der Waals surface area contributed by atoms with Crippen LogP contribution in [0.3, 0.4) is 0 Å². The molecule has 0 N–H and O–H groups in total. The van der Waals surface area contributed by atoms with Crippen molar-refractivity contribution in [1.29, 1.82) is 0 Å². The quantitative estimate of drug-likeness (QED) is 0.249. The van der Waals surface area contributed by atoms with Crippen LogP contribution in [0.2, 0.25) is 24.2 Å². The van der Waals surface area contributed by atoms with Gasteiger partial charge in [-0.05, 0) is 0 Å². The number of hydrogen-bond donors (Lipinski definition) is 0. The molecule has 0 bridgehead atoms. The van der Waals surface area contributed by atoms with Gasteiger partial charge in [0.1, 0.15) is 0 Å². The number of rotatable bonds is 13. The van der Waals surface area contributed by atoms with Crippen LogP contribution in [0.5, 0.6) is 0 Å². The largest absolute Gasteiger partial charge is 0.0678 e. The van der Waals surface area contributed by atoms with E-state index in [-0.39, 0.29) is 0 Å². The lowest BCUT2D eigenvalue weighted by Gasteiger charge is -2.31. The monoisotopic (exact) mass is 270 g/mol. The van der Waals surface area contributed by atoms with Gasteiger partial charge in [0.25, 0.3) is 0 Å². The molecule has 18 heavy (non-hydrogen) atoms. The molecule has 1 heteroatoms. The SMILES string of the molecule is CCCCC[Si](CC)(CCCCC)CCCCC. The lowest BCUT2D eigenvalue weighted by Crippen LogP contribution is -2.32. The summed E-state index contributed by atoms with van der Waals surface area (Å²) in [4.78, 5) is 0. The molecule has 0 heterocycles. The van der Waals surface area contributed by atoms with Gasteiger partial charge in [0.2, 0.25) is 0 Å². The molecule has 110 valence electrons. The van der Waals surface area contributed by atoms with Crippen LogP contribution in [0.4, 0.5) is 0 Å². The predicted molar refractivity (Wildman–Crippen MR) is 89.2 cm³/mol. The van der Waals surface area contributed by atoms with E-state index >= 15 is 0 Å². The number of unbranched alkanes of at least 4 members (excludes halogenated alkanes) is 6. The molecule has 0 fully saturated rings. The molecule has 0 saturated carbocycles. The van der Waals surface area contributed by atoms with Crippen LogP contribution in [0.1, 0.15) is 85.5 Å². The Morgan fingerprint density at radius 2 is 0.833 bits per heavy atom. The van der Waals surface area contributed by atoms with Crippen molar-refractivity contribution in [3.8, 4) is 0 Å². The van der Waals surface area contributed by atoms with Crippen LogP contribution < -0.4 is 0 Å². The average Bonchev–Trinajstić information content (AvgIpc) is 2.39. The predicted octanol–water partition coefficient (Wildman–Crippen LogP) is 7.03. The van der Waals surface area contributed by atoms with Crippen LogP contribution in [0, 0.1) is 0 Å². The molecule has 0 atom stereocenters. The second-order valence-electron chi connectivity index (χ2n) is 6.22. The number of hydrogen-bond acceptors (Lipinski definition) is 0. The summed E-state index contributed by atoms with van der Waals surface area (Å²) in [6.45, 7) is 9.51. The lowest BCUT2D eigenvalue weighted by molar-refractivity contribution is 0.712. The molecule has 0 aliphatic heterocycles. The Balaban J connectivity index is 4.20. The third-order valence-electron chi connectivity index (χ3n) is 4.68. The second-order valence-corrected chi connectivity index (χ2v) is 11.4. The first-order chi connectivity index (χ1) is 8.74. The standard InChI is InChI=1S/C17H38Si/c1-5-9-12-15-18(8-4,16-13-10-6-2)17-14-11-7-3/h5-17H2,1-4H3. The minimum atomic E-state index is -0.881. The van der Waals surface area contributed by atoms with Gasteiger partial charge in [-0.1, -0.05) is 110 Å². The minimum Gasteiger partial charge on any atom is -0.0678 e. The van der Waals surface area contributed by atoms with Crippen molar-refractivity contribution in [1.82, 2.24) is 0 Å². The van der Waals surface area contributed by atoms with E-state index in [1.54, 1.807) is 24.2 Å². The zero-order valence-corrected chi connectivity index (χ0v) is 14.7. The minimum absolute atomic E-state index is 0.881. The Bertz CT molecular complexity index is 138. The normalized spacial score (nSPS) is 12.0. The van der Waals surface area contributed by atoms with Gasteiger partial charge in [-0.3, -0.25) is 0 Å². The molecule has 0 aliphatic carbocycles. The Kier molecular flexibility index (Phi) is 12.4. The van der Waals surface area contributed by atoms with Gasteiger partial charge in [0.15, 0.2) is 0 Å². The molecule has 0 aromatic rings. The molecule has 0 spiro atoms. The van der Waals surface area contributed by atoms with Gasteiger partial charge in [0, 0.05) is 0 Å². The fraction of sp³-hybridized carbons (Fsp3) is 1.00. The molecule has 0 amide bonds. The summed E-state index contributed by atoms with van der Waals surface area (Å²) in [5.74, 6) is 0. The van der Waals surface area contributed by atoms with Crippen molar-refractivity contribution in [2.45, 2.75) is 110 Å². The highest BCUT2D eigenvalue weighted by Gasteiger charge is 2.28. The van der Waals surface area contributed by atoms with Crippen LogP contribution in [0.25, 0.3) is 0 Å². The molecule has 0 rings (SSSR count). The smallest absolute Gasteiger partial charge is 0.0533 e.